The summed E-state index contributed by atoms with van der Waals surface area (Å²) in [4.78, 5) is 12.2. The molecule has 0 unspecified atom stereocenters. The number of carbonyl (C=O) groups excluding carboxylic acids is 1. The summed E-state index contributed by atoms with van der Waals surface area (Å²) in [5.74, 6) is -0.477. The summed E-state index contributed by atoms with van der Waals surface area (Å²) in [6.07, 6.45) is 3.74. The molecule has 3 N–H and O–H groups in total. The number of nitrogens with zero attached hydrogens (tertiary/aromatic N) is 1. The number of hydrogen-bond acceptors (Lipinski definition) is 4. The van der Waals surface area contributed by atoms with Crippen molar-refractivity contribution in [1.82, 2.24) is 5.43 Å². The maximum atomic E-state index is 12.5. The number of allylic oxidation sites excluding steroid dienone is 1. The molecule has 0 aliphatic heterocycles. The Bertz CT molecular complexity index is 883. The van der Waals surface area contributed by atoms with Gasteiger partial charge in [0.05, 0.1) is 17.3 Å². The highest BCUT2D eigenvalue weighted by Crippen LogP contribution is 2.21. The van der Waals surface area contributed by atoms with Crippen LogP contribution < -0.4 is 15.6 Å². The third kappa shape index (κ3) is 5.06. The third-order valence-electron chi connectivity index (χ3n) is 3.33. The van der Waals surface area contributed by atoms with Gasteiger partial charge in [0.2, 0.25) is 10.0 Å². The summed E-state index contributed by atoms with van der Waals surface area (Å²) in [6.45, 7) is 2.32. The minimum Gasteiger partial charge on any atom is -0.281 e. The van der Waals surface area contributed by atoms with Gasteiger partial charge in [-0.3, -0.25) is 15.2 Å². The Morgan fingerprint density at radius 1 is 1.24 bits per heavy atom. The van der Waals surface area contributed by atoms with E-state index in [1.807, 2.05) is 49.4 Å². The van der Waals surface area contributed by atoms with Crippen molar-refractivity contribution in [1.29, 1.82) is 0 Å². The zero-order chi connectivity index (χ0) is 18.4. The van der Waals surface area contributed by atoms with Gasteiger partial charge >= 0.3 is 0 Å². The molecule has 0 aromatic heterocycles. The van der Waals surface area contributed by atoms with E-state index in [4.69, 9.17) is 16.7 Å². The van der Waals surface area contributed by atoms with Crippen LogP contribution in [0.3, 0.4) is 0 Å². The first-order chi connectivity index (χ1) is 11.8. The highest BCUT2D eigenvalue weighted by atomic mass is 35.5. The molecule has 2 aromatic carbocycles. The molecule has 0 aliphatic rings. The minimum atomic E-state index is -4.02. The lowest BCUT2D eigenvalue weighted by Crippen LogP contribution is -2.42. The number of nitrogens with two attached hydrogens (primary N) is 1. The fraction of sp³-hybridized carbons (Fsp3) is 0.118. The maximum Gasteiger partial charge on any atom is 0.269 e. The van der Waals surface area contributed by atoms with Crippen LogP contribution in [0.4, 0.5) is 5.69 Å². The first kappa shape index (κ1) is 19.0. The highest BCUT2D eigenvalue weighted by molar-refractivity contribution is 7.89. The fourth-order valence-electron chi connectivity index (χ4n) is 2.08. The number of anilines is 1. The summed E-state index contributed by atoms with van der Waals surface area (Å²) < 4.78 is 23.1. The summed E-state index contributed by atoms with van der Waals surface area (Å²) in [5, 5.41) is 6.73. The normalized spacial score (nSPS) is 11.5. The number of primary sulfonamides is 1. The molecule has 0 saturated heterocycles. The second-order valence-corrected chi connectivity index (χ2v) is 7.08. The van der Waals surface area contributed by atoms with Crippen LogP contribution in [0.25, 0.3) is 0 Å². The van der Waals surface area contributed by atoms with Crippen LogP contribution in [-0.2, 0) is 10.0 Å². The van der Waals surface area contributed by atoms with Crippen LogP contribution in [-0.4, -0.2) is 20.9 Å². The number of nitrogens with one attached hydrogen (secondary N) is 1. The molecule has 0 spiro atoms. The van der Waals surface area contributed by atoms with Gasteiger partial charge in [-0.05, 0) is 37.3 Å². The highest BCUT2D eigenvalue weighted by Gasteiger charge is 2.17. The summed E-state index contributed by atoms with van der Waals surface area (Å²) >= 11 is 5.85. The third-order valence-corrected chi connectivity index (χ3v) is 4.72. The molecule has 2 rings (SSSR count). The van der Waals surface area contributed by atoms with Crippen molar-refractivity contribution >= 4 is 33.2 Å². The summed E-state index contributed by atoms with van der Waals surface area (Å²) in [6, 6.07) is 13.2. The second-order valence-electron chi connectivity index (χ2n) is 5.15. The number of sulfonamides is 1. The Morgan fingerprint density at radius 3 is 2.52 bits per heavy atom. The number of benzene rings is 2. The summed E-state index contributed by atoms with van der Waals surface area (Å²) in [5.41, 5.74) is 3.67. The lowest BCUT2D eigenvalue weighted by atomic mass is 10.2. The van der Waals surface area contributed by atoms with E-state index in [0.717, 1.165) is 11.8 Å². The van der Waals surface area contributed by atoms with E-state index < -0.39 is 15.9 Å². The maximum absolute atomic E-state index is 12.5. The van der Waals surface area contributed by atoms with Gasteiger partial charge in [-0.2, -0.15) is 0 Å². The Labute approximate surface area is 151 Å². The molecule has 0 saturated carbocycles. The zero-order valence-electron chi connectivity index (χ0n) is 13.5. The van der Waals surface area contributed by atoms with Gasteiger partial charge < -0.3 is 0 Å². The van der Waals surface area contributed by atoms with E-state index in [1.54, 1.807) is 5.01 Å². The number of halogens is 1. The van der Waals surface area contributed by atoms with Crippen LogP contribution in [0, 0.1) is 0 Å². The van der Waals surface area contributed by atoms with Crippen LogP contribution in [0.15, 0.2) is 65.6 Å². The van der Waals surface area contributed by atoms with Gasteiger partial charge in [-0.1, -0.05) is 42.0 Å². The molecule has 132 valence electrons. The molecule has 1 amide bonds. The molecule has 0 aliphatic carbocycles. The molecule has 0 heterocycles. The SMILES string of the molecule is CC=CCN(NC(=O)c1ccc(Cl)c(S(N)(=O)=O)c1)c1ccccc1. The molecule has 6 nitrogen and oxygen atoms in total. The predicted molar refractivity (Wildman–Crippen MR) is 98.9 cm³/mol. The molecule has 0 bridgehead atoms. The van der Waals surface area contributed by atoms with Gasteiger partial charge in [0, 0.05) is 5.56 Å². The number of amides is 1. The van der Waals surface area contributed by atoms with Crippen molar-refractivity contribution in [3.8, 4) is 0 Å². The number of rotatable bonds is 6. The average molecular weight is 380 g/mol. The Balaban J connectivity index is 2.30. The van der Waals surface area contributed by atoms with Crippen LogP contribution in [0.5, 0.6) is 0 Å². The monoisotopic (exact) mass is 379 g/mol. The van der Waals surface area contributed by atoms with Crippen molar-refractivity contribution in [2.75, 3.05) is 11.6 Å². The van der Waals surface area contributed by atoms with Gasteiger partial charge in [0.25, 0.3) is 5.91 Å². The molecule has 0 atom stereocenters. The lowest BCUT2D eigenvalue weighted by molar-refractivity contribution is 0.0950. The fourth-order valence-corrected chi connectivity index (χ4v) is 3.16. The van der Waals surface area contributed by atoms with Crippen molar-refractivity contribution in [3.63, 3.8) is 0 Å². The van der Waals surface area contributed by atoms with Crippen LogP contribution in [0.1, 0.15) is 17.3 Å². The van der Waals surface area contributed by atoms with Crippen molar-refractivity contribution in [3.05, 3.63) is 71.3 Å². The van der Waals surface area contributed by atoms with Crippen molar-refractivity contribution < 1.29 is 13.2 Å². The molecule has 0 fully saturated rings. The second kappa shape index (κ2) is 8.15. The van der Waals surface area contributed by atoms with E-state index in [-0.39, 0.29) is 15.5 Å². The Hall–Kier alpha value is -2.35. The quantitative estimate of drug-likeness (QED) is 0.596. The minimum absolute atomic E-state index is 0.0344. The van der Waals surface area contributed by atoms with E-state index in [9.17, 15) is 13.2 Å². The van der Waals surface area contributed by atoms with Gasteiger partial charge in [-0.15, -0.1) is 0 Å². The van der Waals surface area contributed by atoms with E-state index in [2.05, 4.69) is 5.43 Å². The zero-order valence-corrected chi connectivity index (χ0v) is 15.1. The van der Waals surface area contributed by atoms with E-state index in [0.29, 0.717) is 6.54 Å². The Morgan fingerprint density at radius 2 is 1.92 bits per heavy atom. The molecule has 25 heavy (non-hydrogen) atoms. The van der Waals surface area contributed by atoms with Crippen molar-refractivity contribution in [2.45, 2.75) is 11.8 Å². The average Bonchev–Trinajstić information content (AvgIpc) is 2.58. The van der Waals surface area contributed by atoms with Gasteiger partial charge in [0.15, 0.2) is 0 Å². The predicted octanol–water partition coefficient (Wildman–Crippen LogP) is 2.71. The van der Waals surface area contributed by atoms with E-state index in [1.165, 1.54) is 12.1 Å². The van der Waals surface area contributed by atoms with Gasteiger partial charge in [-0.25, -0.2) is 13.6 Å². The molecule has 0 radical (unpaired) electrons. The first-order valence-corrected chi connectivity index (χ1v) is 9.32. The number of hydrazine groups is 1. The Kier molecular flexibility index (Phi) is 6.19. The topological polar surface area (TPSA) is 92.5 Å². The van der Waals surface area contributed by atoms with Crippen LogP contribution >= 0.6 is 11.6 Å². The summed E-state index contributed by atoms with van der Waals surface area (Å²) in [7, 11) is -4.02. The molecular formula is C17H18ClN3O3S. The molecule has 8 heteroatoms. The first-order valence-electron chi connectivity index (χ1n) is 7.40. The van der Waals surface area contributed by atoms with Gasteiger partial charge in [0.1, 0.15) is 4.90 Å². The standard InChI is InChI=1S/C17H18ClN3O3S/c1-2-3-11-21(14-7-5-4-6-8-14)20-17(22)13-9-10-15(18)16(12-13)25(19,23)24/h2-10,12H,11H2,1H3,(H,20,22)(H2,19,23,24). The number of hydrogen-bond donors (Lipinski definition) is 2. The molecule has 2 aromatic rings. The smallest absolute Gasteiger partial charge is 0.269 e. The molecular weight excluding hydrogens is 362 g/mol. The lowest BCUT2D eigenvalue weighted by Gasteiger charge is -2.24. The van der Waals surface area contributed by atoms with Crippen LogP contribution in [0.2, 0.25) is 5.02 Å². The van der Waals surface area contributed by atoms with E-state index >= 15 is 0 Å². The number of carbonyl (C=O) groups is 1. The van der Waals surface area contributed by atoms with Crippen molar-refractivity contribution in [2.24, 2.45) is 5.14 Å². The number of para-hydroxylation sites is 1. The largest absolute Gasteiger partial charge is 0.281 e.